The van der Waals surface area contributed by atoms with Crippen molar-refractivity contribution in [2.75, 3.05) is 4.90 Å². The molecule has 1 aliphatic rings. The summed E-state index contributed by atoms with van der Waals surface area (Å²) in [6.07, 6.45) is 0. The van der Waals surface area contributed by atoms with Gasteiger partial charge in [-0.3, -0.25) is 9.59 Å². The lowest BCUT2D eigenvalue weighted by Gasteiger charge is -2.27. The second kappa shape index (κ2) is 6.39. The summed E-state index contributed by atoms with van der Waals surface area (Å²) in [5.41, 5.74) is 6.29. The highest BCUT2D eigenvalue weighted by Crippen LogP contribution is 2.36. The Balaban J connectivity index is 1.70. The molecule has 2 amide bonds. The number of carbonyl (C=O) groups is 2. The molecule has 0 bridgehead atoms. The molecule has 5 rings (SSSR count). The Hall–Kier alpha value is -3.73. The average Bonchev–Trinajstić information content (AvgIpc) is 3.03. The predicted octanol–water partition coefficient (Wildman–Crippen LogP) is 5.06. The lowest BCUT2D eigenvalue weighted by molar-refractivity contribution is 0.0893. The van der Waals surface area contributed by atoms with Crippen LogP contribution in [0.4, 0.5) is 5.69 Å². The summed E-state index contributed by atoms with van der Waals surface area (Å²) in [5.74, 6) is -0.620. The lowest BCUT2D eigenvalue weighted by Crippen LogP contribution is -2.41. The van der Waals surface area contributed by atoms with Crippen molar-refractivity contribution < 1.29 is 9.59 Å². The number of aryl methyl sites for hydroxylation is 3. The zero-order valence-corrected chi connectivity index (χ0v) is 17.4. The van der Waals surface area contributed by atoms with E-state index < -0.39 is 0 Å². The van der Waals surface area contributed by atoms with Crippen molar-refractivity contribution >= 4 is 28.3 Å². The molecule has 0 aliphatic carbocycles. The first-order valence-corrected chi connectivity index (χ1v) is 9.93. The van der Waals surface area contributed by atoms with Crippen LogP contribution in [0.1, 0.15) is 43.2 Å². The molecule has 148 valence electrons. The highest BCUT2D eigenvalue weighted by atomic mass is 16.2. The van der Waals surface area contributed by atoms with Crippen LogP contribution in [0.2, 0.25) is 0 Å². The summed E-state index contributed by atoms with van der Waals surface area (Å²) in [5, 5.41) is 6.29. The molecule has 0 saturated heterocycles. The first kappa shape index (κ1) is 18.3. The second-order valence-corrected chi connectivity index (χ2v) is 7.85. The number of aromatic nitrogens is 2. The van der Waals surface area contributed by atoms with Gasteiger partial charge in [0.05, 0.1) is 22.8 Å². The van der Waals surface area contributed by atoms with Crippen molar-refractivity contribution in [2.24, 2.45) is 0 Å². The van der Waals surface area contributed by atoms with E-state index in [1.807, 2.05) is 44.2 Å². The SMILES string of the molecule is Cc1ccc(-n2nc(C)c(N3C(=O)c4cccc5cccc(c45)C3=O)c2C)cc1C. The Morgan fingerprint density at radius 3 is 2.00 bits per heavy atom. The van der Waals surface area contributed by atoms with E-state index in [-0.39, 0.29) is 11.8 Å². The van der Waals surface area contributed by atoms with Crippen molar-refractivity contribution in [2.45, 2.75) is 27.7 Å². The number of nitrogens with zero attached hydrogens (tertiary/aromatic N) is 3. The fourth-order valence-corrected chi connectivity index (χ4v) is 4.30. The number of rotatable bonds is 2. The summed E-state index contributed by atoms with van der Waals surface area (Å²) in [6.45, 7) is 7.85. The molecule has 0 spiro atoms. The first-order chi connectivity index (χ1) is 14.4. The number of benzene rings is 3. The van der Waals surface area contributed by atoms with Crippen LogP contribution < -0.4 is 4.90 Å². The van der Waals surface area contributed by atoms with E-state index in [2.05, 4.69) is 31.1 Å². The molecule has 2 heterocycles. The third-order valence-electron chi connectivity index (χ3n) is 5.98. The predicted molar refractivity (Wildman–Crippen MR) is 118 cm³/mol. The fourth-order valence-electron chi connectivity index (χ4n) is 4.30. The molecule has 0 N–H and O–H groups in total. The van der Waals surface area contributed by atoms with Crippen molar-refractivity contribution in [1.82, 2.24) is 9.78 Å². The molecule has 0 fully saturated rings. The van der Waals surface area contributed by atoms with E-state index in [4.69, 9.17) is 0 Å². The zero-order chi connectivity index (χ0) is 21.2. The molecule has 30 heavy (non-hydrogen) atoms. The number of hydrogen-bond acceptors (Lipinski definition) is 3. The fraction of sp³-hybridized carbons (Fsp3) is 0.160. The minimum atomic E-state index is -0.310. The molecule has 1 aliphatic heterocycles. The Kier molecular flexibility index (Phi) is 3.90. The van der Waals surface area contributed by atoms with Crippen molar-refractivity contribution in [3.8, 4) is 5.69 Å². The van der Waals surface area contributed by atoms with Gasteiger partial charge in [-0.05, 0) is 68.5 Å². The van der Waals surface area contributed by atoms with Crippen LogP contribution in [0.5, 0.6) is 0 Å². The zero-order valence-electron chi connectivity index (χ0n) is 17.4. The molecule has 1 aromatic heterocycles. The molecule has 0 unspecified atom stereocenters. The van der Waals surface area contributed by atoms with Gasteiger partial charge in [0.15, 0.2) is 0 Å². The highest BCUT2D eigenvalue weighted by molar-refractivity contribution is 6.36. The van der Waals surface area contributed by atoms with E-state index in [1.54, 1.807) is 16.8 Å². The van der Waals surface area contributed by atoms with Gasteiger partial charge < -0.3 is 0 Å². The molecule has 5 heteroatoms. The molecule has 4 aromatic rings. The second-order valence-electron chi connectivity index (χ2n) is 7.85. The van der Waals surface area contributed by atoms with Crippen molar-refractivity contribution in [3.05, 3.63) is 88.2 Å². The maximum absolute atomic E-state index is 13.4. The quantitative estimate of drug-likeness (QED) is 0.446. The normalized spacial score (nSPS) is 13.4. The molecule has 0 radical (unpaired) electrons. The summed E-state index contributed by atoms with van der Waals surface area (Å²) < 4.78 is 1.80. The topological polar surface area (TPSA) is 55.2 Å². The number of hydrogen-bond donors (Lipinski definition) is 0. The van der Waals surface area contributed by atoms with E-state index >= 15 is 0 Å². The Morgan fingerprint density at radius 1 is 0.767 bits per heavy atom. The van der Waals surface area contributed by atoms with Crippen LogP contribution in [0.25, 0.3) is 16.5 Å². The van der Waals surface area contributed by atoms with Gasteiger partial charge in [-0.1, -0.05) is 30.3 Å². The molecular weight excluding hydrogens is 374 g/mol. The summed E-state index contributed by atoms with van der Waals surface area (Å²) in [6, 6.07) is 17.2. The molecule has 0 saturated carbocycles. The van der Waals surface area contributed by atoms with Crippen LogP contribution in [0.15, 0.2) is 54.6 Å². The molecule has 0 atom stereocenters. The van der Waals surface area contributed by atoms with Crippen LogP contribution in [-0.4, -0.2) is 21.6 Å². The molecular formula is C25H21N3O2. The smallest absolute Gasteiger partial charge is 0.266 e. The van der Waals surface area contributed by atoms with Crippen molar-refractivity contribution in [1.29, 1.82) is 0 Å². The van der Waals surface area contributed by atoms with Crippen molar-refractivity contribution in [3.63, 3.8) is 0 Å². The lowest BCUT2D eigenvalue weighted by atomic mass is 9.93. The van der Waals surface area contributed by atoms with Gasteiger partial charge in [-0.15, -0.1) is 0 Å². The van der Waals surface area contributed by atoms with Gasteiger partial charge in [-0.25, -0.2) is 9.58 Å². The minimum absolute atomic E-state index is 0.310. The maximum Gasteiger partial charge on any atom is 0.266 e. The monoisotopic (exact) mass is 395 g/mol. The van der Waals surface area contributed by atoms with Gasteiger partial charge in [-0.2, -0.15) is 5.10 Å². The number of anilines is 1. The number of amides is 2. The average molecular weight is 395 g/mol. The minimum Gasteiger partial charge on any atom is -0.268 e. The number of carbonyl (C=O) groups excluding carboxylic acids is 2. The van der Waals surface area contributed by atoms with E-state index in [0.29, 0.717) is 22.5 Å². The number of imide groups is 1. The van der Waals surface area contributed by atoms with E-state index in [9.17, 15) is 9.59 Å². The van der Waals surface area contributed by atoms with Crippen LogP contribution >= 0.6 is 0 Å². The van der Waals surface area contributed by atoms with Crippen LogP contribution in [0.3, 0.4) is 0 Å². The van der Waals surface area contributed by atoms with E-state index in [1.165, 1.54) is 10.5 Å². The Bertz CT molecular complexity index is 1330. The third-order valence-corrected chi connectivity index (χ3v) is 5.98. The Morgan fingerprint density at radius 2 is 1.40 bits per heavy atom. The van der Waals surface area contributed by atoms with Gasteiger partial charge >= 0.3 is 0 Å². The summed E-state index contributed by atoms with van der Waals surface area (Å²) in [7, 11) is 0. The van der Waals surface area contributed by atoms with E-state index in [0.717, 1.165) is 27.7 Å². The molecule has 3 aromatic carbocycles. The first-order valence-electron chi connectivity index (χ1n) is 9.93. The van der Waals surface area contributed by atoms with Crippen LogP contribution in [0, 0.1) is 27.7 Å². The van der Waals surface area contributed by atoms with Crippen LogP contribution in [-0.2, 0) is 0 Å². The largest absolute Gasteiger partial charge is 0.268 e. The van der Waals surface area contributed by atoms with Gasteiger partial charge in [0.2, 0.25) is 0 Å². The summed E-state index contributed by atoms with van der Waals surface area (Å²) >= 11 is 0. The molecule has 5 nitrogen and oxygen atoms in total. The third kappa shape index (κ3) is 2.45. The summed E-state index contributed by atoms with van der Waals surface area (Å²) in [4.78, 5) is 28.1. The van der Waals surface area contributed by atoms with Gasteiger partial charge in [0.1, 0.15) is 0 Å². The highest BCUT2D eigenvalue weighted by Gasteiger charge is 2.36. The van der Waals surface area contributed by atoms with Gasteiger partial charge in [0.25, 0.3) is 11.8 Å². The van der Waals surface area contributed by atoms with Gasteiger partial charge in [0, 0.05) is 16.5 Å². The maximum atomic E-state index is 13.4. The standard InChI is InChI=1S/C25H21N3O2/c1-14-11-12-19(13-15(14)2)28-17(4)23(16(3)26-28)27-24(29)20-9-5-7-18-8-6-10-21(22(18)20)25(27)30/h5-13H,1-4H3. The Labute approximate surface area is 174 Å².